The highest BCUT2D eigenvalue weighted by Crippen LogP contribution is 2.40. The van der Waals surface area contributed by atoms with Crippen LogP contribution in [-0.2, 0) is 6.54 Å². The second-order valence-corrected chi connectivity index (χ2v) is 6.16. The molecule has 3 rings (SSSR count). The number of rotatable bonds is 4. The summed E-state index contributed by atoms with van der Waals surface area (Å²) in [4.78, 5) is 5.25. The molecule has 0 bridgehead atoms. The predicted molar refractivity (Wildman–Crippen MR) is 75.5 cm³/mol. The zero-order valence-electron chi connectivity index (χ0n) is 11.4. The van der Waals surface area contributed by atoms with Crippen molar-refractivity contribution < 1.29 is 0 Å². The fourth-order valence-corrected chi connectivity index (χ4v) is 3.65. The lowest BCUT2D eigenvalue weighted by atomic mass is 9.79. The van der Waals surface area contributed by atoms with Gasteiger partial charge in [-0.1, -0.05) is 37.3 Å². The van der Waals surface area contributed by atoms with E-state index < -0.39 is 0 Å². The van der Waals surface area contributed by atoms with Crippen LogP contribution in [0.2, 0.25) is 0 Å². The van der Waals surface area contributed by atoms with Crippen LogP contribution in [0.4, 0.5) is 0 Å². The van der Waals surface area contributed by atoms with E-state index in [1.54, 1.807) is 0 Å². The van der Waals surface area contributed by atoms with Gasteiger partial charge in [0.25, 0.3) is 0 Å². The van der Waals surface area contributed by atoms with Gasteiger partial charge in [-0.25, -0.2) is 0 Å². The Morgan fingerprint density at radius 2 is 1.78 bits per heavy atom. The maximum Gasteiger partial charge on any atom is 0.0234 e. The lowest BCUT2D eigenvalue weighted by molar-refractivity contribution is 0.00217. The van der Waals surface area contributed by atoms with E-state index in [-0.39, 0.29) is 0 Å². The molecule has 0 aromatic heterocycles. The van der Waals surface area contributed by atoms with Crippen LogP contribution in [0.5, 0.6) is 0 Å². The quantitative estimate of drug-likeness (QED) is 0.803. The number of benzene rings is 1. The van der Waals surface area contributed by atoms with Crippen LogP contribution >= 0.6 is 0 Å². The zero-order chi connectivity index (χ0) is 12.4. The van der Waals surface area contributed by atoms with Gasteiger partial charge in [-0.3, -0.25) is 4.90 Å². The molecule has 0 unspecified atom stereocenters. The highest BCUT2D eigenvalue weighted by Gasteiger charge is 2.46. The first-order chi connectivity index (χ1) is 8.80. The Hall–Kier alpha value is -0.860. The molecule has 1 aromatic rings. The van der Waals surface area contributed by atoms with Crippen LogP contribution in [0.1, 0.15) is 25.3 Å². The molecule has 1 aromatic carbocycles. The standard InChI is InChI=1S/C16H24N2/c1-2-9-17-10-8-16(12-17)13-18(14-16)11-15-6-4-3-5-7-15/h3-7H,2,8-14H2,1H3. The molecular formula is C16H24N2. The van der Waals surface area contributed by atoms with E-state index in [2.05, 4.69) is 47.1 Å². The summed E-state index contributed by atoms with van der Waals surface area (Å²) >= 11 is 0. The molecule has 2 saturated heterocycles. The molecule has 18 heavy (non-hydrogen) atoms. The van der Waals surface area contributed by atoms with Crippen LogP contribution in [0.15, 0.2) is 30.3 Å². The van der Waals surface area contributed by atoms with E-state index >= 15 is 0 Å². The van der Waals surface area contributed by atoms with Crippen molar-refractivity contribution in [2.24, 2.45) is 5.41 Å². The Morgan fingerprint density at radius 3 is 2.50 bits per heavy atom. The zero-order valence-corrected chi connectivity index (χ0v) is 11.4. The molecule has 0 atom stereocenters. The molecule has 0 aliphatic carbocycles. The molecule has 2 nitrogen and oxygen atoms in total. The van der Waals surface area contributed by atoms with Crippen molar-refractivity contribution in [3.8, 4) is 0 Å². The van der Waals surface area contributed by atoms with Crippen molar-refractivity contribution in [2.75, 3.05) is 32.7 Å². The monoisotopic (exact) mass is 244 g/mol. The minimum Gasteiger partial charge on any atom is -0.303 e. The minimum absolute atomic E-state index is 0.643. The number of likely N-dealkylation sites (tertiary alicyclic amines) is 2. The van der Waals surface area contributed by atoms with Crippen molar-refractivity contribution in [1.29, 1.82) is 0 Å². The van der Waals surface area contributed by atoms with Crippen molar-refractivity contribution in [1.82, 2.24) is 9.80 Å². The molecule has 2 aliphatic rings. The molecule has 0 saturated carbocycles. The van der Waals surface area contributed by atoms with E-state index in [1.807, 2.05) is 0 Å². The first-order valence-corrected chi connectivity index (χ1v) is 7.28. The summed E-state index contributed by atoms with van der Waals surface area (Å²) < 4.78 is 0. The number of hydrogen-bond acceptors (Lipinski definition) is 2. The third kappa shape index (κ3) is 2.45. The molecule has 0 amide bonds. The van der Waals surface area contributed by atoms with E-state index in [4.69, 9.17) is 0 Å². The average molecular weight is 244 g/mol. The SMILES string of the molecule is CCCN1CCC2(C1)CN(Cc1ccccc1)C2. The molecule has 0 N–H and O–H groups in total. The van der Waals surface area contributed by atoms with Crippen LogP contribution in [0.25, 0.3) is 0 Å². The minimum atomic E-state index is 0.643. The highest BCUT2D eigenvalue weighted by molar-refractivity contribution is 5.15. The van der Waals surface area contributed by atoms with Crippen molar-refractivity contribution >= 4 is 0 Å². The van der Waals surface area contributed by atoms with E-state index in [9.17, 15) is 0 Å². The second-order valence-electron chi connectivity index (χ2n) is 6.16. The van der Waals surface area contributed by atoms with E-state index in [0.717, 1.165) is 6.54 Å². The summed E-state index contributed by atoms with van der Waals surface area (Å²) in [5, 5.41) is 0. The Balaban J connectivity index is 1.49. The first-order valence-electron chi connectivity index (χ1n) is 7.28. The molecular weight excluding hydrogens is 220 g/mol. The molecule has 98 valence electrons. The highest BCUT2D eigenvalue weighted by atomic mass is 15.3. The Bertz CT molecular complexity index is 381. The van der Waals surface area contributed by atoms with Gasteiger partial charge in [0, 0.05) is 31.6 Å². The van der Waals surface area contributed by atoms with Crippen LogP contribution in [-0.4, -0.2) is 42.5 Å². The lowest BCUT2D eigenvalue weighted by Crippen LogP contribution is -2.56. The van der Waals surface area contributed by atoms with Gasteiger partial charge in [-0.05, 0) is 31.5 Å². The van der Waals surface area contributed by atoms with E-state index in [0.29, 0.717) is 5.41 Å². The van der Waals surface area contributed by atoms with Crippen LogP contribution < -0.4 is 0 Å². The maximum atomic E-state index is 2.65. The van der Waals surface area contributed by atoms with E-state index in [1.165, 1.54) is 51.1 Å². The van der Waals surface area contributed by atoms with Gasteiger partial charge >= 0.3 is 0 Å². The second kappa shape index (κ2) is 5.02. The molecule has 2 heterocycles. The normalized spacial score (nSPS) is 23.4. The summed E-state index contributed by atoms with van der Waals surface area (Å²) in [5.74, 6) is 0. The predicted octanol–water partition coefficient (Wildman–Crippen LogP) is 2.60. The van der Waals surface area contributed by atoms with Crippen LogP contribution in [0, 0.1) is 5.41 Å². The maximum absolute atomic E-state index is 2.65. The molecule has 1 spiro atoms. The number of hydrogen-bond donors (Lipinski definition) is 0. The fourth-order valence-electron chi connectivity index (χ4n) is 3.65. The lowest BCUT2D eigenvalue weighted by Gasteiger charge is -2.48. The van der Waals surface area contributed by atoms with Gasteiger partial charge in [-0.2, -0.15) is 0 Å². The molecule has 0 radical (unpaired) electrons. The summed E-state index contributed by atoms with van der Waals surface area (Å²) in [6.45, 7) is 9.99. The first kappa shape index (κ1) is 12.2. The van der Waals surface area contributed by atoms with Gasteiger partial charge in [0.05, 0.1) is 0 Å². The summed E-state index contributed by atoms with van der Waals surface area (Å²) in [6.07, 6.45) is 2.71. The fraction of sp³-hybridized carbons (Fsp3) is 0.625. The Morgan fingerprint density at radius 1 is 1.06 bits per heavy atom. The molecule has 2 fully saturated rings. The summed E-state index contributed by atoms with van der Waals surface area (Å²) in [5.41, 5.74) is 2.10. The topological polar surface area (TPSA) is 6.48 Å². The van der Waals surface area contributed by atoms with Gasteiger partial charge in [0.2, 0.25) is 0 Å². The Labute approximate surface area is 111 Å². The summed E-state index contributed by atoms with van der Waals surface area (Å²) in [6, 6.07) is 10.9. The number of nitrogens with zero attached hydrogens (tertiary/aromatic N) is 2. The summed E-state index contributed by atoms with van der Waals surface area (Å²) in [7, 11) is 0. The smallest absolute Gasteiger partial charge is 0.0234 e. The van der Waals surface area contributed by atoms with Crippen LogP contribution in [0.3, 0.4) is 0 Å². The molecule has 2 aliphatic heterocycles. The van der Waals surface area contributed by atoms with Crippen molar-refractivity contribution in [3.63, 3.8) is 0 Å². The largest absolute Gasteiger partial charge is 0.303 e. The third-order valence-electron chi connectivity index (χ3n) is 4.42. The van der Waals surface area contributed by atoms with Gasteiger partial charge in [0.1, 0.15) is 0 Å². The third-order valence-corrected chi connectivity index (χ3v) is 4.42. The van der Waals surface area contributed by atoms with Gasteiger partial charge in [0.15, 0.2) is 0 Å². The molecule has 2 heteroatoms. The van der Waals surface area contributed by atoms with Crippen molar-refractivity contribution in [3.05, 3.63) is 35.9 Å². The van der Waals surface area contributed by atoms with Gasteiger partial charge in [-0.15, -0.1) is 0 Å². The van der Waals surface area contributed by atoms with Crippen molar-refractivity contribution in [2.45, 2.75) is 26.3 Å². The van der Waals surface area contributed by atoms with Gasteiger partial charge < -0.3 is 4.90 Å². The average Bonchev–Trinajstić information content (AvgIpc) is 2.75. The Kier molecular flexibility index (Phi) is 3.40.